The highest BCUT2D eigenvalue weighted by atomic mass is 16.6. The Bertz CT molecular complexity index is 566. The second kappa shape index (κ2) is 8.06. The zero-order valence-electron chi connectivity index (χ0n) is 15.4. The van der Waals surface area contributed by atoms with Gasteiger partial charge < -0.3 is 19.7 Å². The van der Waals surface area contributed by atoms with Crippen LogP contribution in [0.15, 0.2) is 24.3 Å². The summed E-state index contributed by atoms with van der Waals surface area (Å²) in [7, 11) is 1.60. The van der Waals surface area contributed by atoms with Crippen LogP contribution in [0.2, 0.25) is 0 Å². The van der Waals surface area contributed by atoms with Gasteiger partial charge in [0.15, 0.2) is 0 Å². The third-order valence-electron chi connectivity index (χ3n) is 4.33. The third kappa shape index (κ3) is 5.34. The van der Waals surface area contributed by atoms with E-state index in [-0.39, 0.29) is 0 Å². The zero-order chi connectivity index (χ0) is 18.6. The van der Waals surface area contributed by atoms with Crippen molar-refractivity contribution in [2.45, 2.75) is 70.4 Å². The molecule has 1 aliphatic rings. The van der Waals surface area contributed by atoms with Crippen LogP contribution in [0.5, 0.6) is 5.75 Å². The molecule has 1 amide bonds. The molecule has 1 saturated carbocycles. The fraction of sp³-hybridized carbons (Fsp3) is 0.632. The van der Waals surface area contributed by atoms with E-state index in [2.05, 4.69) is 0 Å². The molecule has 0 saturated heterocycles. The quantitative estimate of drug-likeness (QED) is 0.872. The van der Waals surface area contributed by atoms with Gasteiger partial charge in [-0.1, -0.05) is 12.1 Å². The average molecular weight is 351 g/mol. The summed E-state index contributed by atoms with van der Waals surface area (Å²) in [6.45, 7) is 5.72. The molecule has 1 fully saturated rings. The molecule has 3 unspecified atom stereocenters. The SMILES string of the molecule is COc1ccc(CN(C(=O)OC(C)(C)C)C2CCCC(O)C2O)cc1. The van der Waals surface area contributed by atoms with Crippen molar-refractivity contribution in [1.29, 1.82) is 0 Å². The molecule has 6 heteroatoms. The monoisotopic (exact) mass is 351 g/mol. The minimum atomic E-state index is -0.973. The first kappa shape index (κ1) is 19.5. The first-order valence-electron chi connectivity index (χ1n) is 8.70. The van der Waals surface area contributed by atoms with Gasteiger partial charge in [0.25, 0.3) is 0 Å². The van der Waals surface area contributed by atoms with Crippen LogP contribution >= 0.6 is 0 Å². The number of carbonyl (C=O) groups excluding carboxylic acids is 1. The van der Waals surface area contributed by atoms with E-state index in [1.807, 2.05) is 45.0 Å². The van der Waals surface area contributed by atoms with E-state index in [0.717, 1.165) is 17.7 Å². The van der Waals surface area contributed by atoms with Crippen molar-refractivity contribution < 1.29 is 24.5 Å². The predicted molar refractivity (Wildman–Crippen MR) is 94.4 cm³/mol. The number of ether oxygens (including phenoxy) is 2. The zero-order valence-corrected chi connectivity index (χ0v) is 15.4. The van der Waals surface area contributed by atoms with Crippen molar-refractivity contribution >= 4 is 6.09 Å². The first-order chi connectivity index (χ1) is 11.7. The molecule has 6 nitrogen and oxygen atoms in total. The van der Waals surface area contributed by atoms with Gasteiger partial charge in [0.2, 0.25) is 0 Å². The second-order valence-corrected chi connectivity index (χ2v) is 7.51. The van der Waals surface area contributed by atoms with Crippen molar-refractivity contribution in [1.82, 2.24) is 4.90 Å². The molecular weight excluding hydrogens is 322 g/mol. The Morgan fingerprint density at radius 2 is 1.84 bits per heavy atom. The van der Waals surface area contributed by atoms with E-state index in [1.165, 1.54) is 4.90 Å². The maximum atomic E-state index is 12.7. The Morgan fingerprint density at radius 3 is 2.40 bits per heavy atom. The highest BCUT2D eigenvalue weighted by Gasteiger charge is 2.38. The van der Waals surface area contributed by atoms with Crippen LogP contribution in [0.4, 0.5) is 4.79 Å². The van der Waals surface area contributed by atoms with E-state index >= 15 is 0 Å². The van der Waals surface area contributed by atoms with Crippen LogP contribution in [0.3, 0.4) is 0 Å². The summed E-state index contributed by atoms with van der Waals surface area (Å²) in [4.78, 5) is 14.3. The fourth-order valence-corrected chi connectivity index (χ4v) is 3.04. The predicted octanol–water partition coefficient (Wildman–Crippen LogP) is 2.71. The third-order valence-corrected chi connectivity index (χ3v) is 4.33. The molecule has 1 aromatic rings. The van der Waals surface area contributed by atoms with Crippen LogP contribution in [-0.4, -0.2) is 52.2 Å². The number of aliphatic hydroxyl groups is 2. The van der Waals surface area contributed by atoms with Gasteiger partial charge in [0.05, 0.1) is 19.3 Å². The first-order valence-corrected chi connectivity index (χ1v) is 8.70. The van der Waals surface area contributed by atoms with Gasteiger partial charge in [-0.05, 0) is 57.7 Å². The average Bonchev–Trinajstić information content (AvgIpc) is 2.54. The molecule has 25 heavy (non-hydrogen) atoms. The normalized spacial score (nSPS) is 23.8. The summed E-state index contributed by atoms with van der Waals surface area (Å²) < 4.78 is 10.7. The summed E-state index contributed by atoms with van der Waals surface area (Å²) in [6.07, 6.45) is -0.346. The van der Waals surface area contributed by atoms with Gasteiger partial charge in [-0.25, -0.2) is 4.79 Å². The Labute approximate surface area is 149 Å². The molecule has 2 N–H and O–H groups in total. The Balaban J connectivity index is 2.22. The summed E-state index contributed by atoms with van der Waals surface area (Å²) in [5.74, 6) is 0.737. The lowest BCUT2D eigenvalue weighted by molar-refractivity contribution is -0.0704. The molecule has 0 bridgehead atoms. The summed E-state index contributed by atoms with van der Waals surface area (Å²) in [5.41, 5.74) is 0.270. The van der Waals surface area contributed by atoms with E-state index in [9.17, 15) is 15.0 Å². The van der Waals surface area contributed by atoms with Gasteiger partial charge in [-0.15, -0.1) is 0 Å². The smallest absolute Gasteiger partial charge is 0.410 e. The molecule has 1 aromatic carbocycles. The highest BCUT2D eigenvalue weighted by molar-refractivity contribution is 5.68. The minimum Gasteiger partial charge on any atom is -0.497 e. The minimum absolute atomic E-state index is 0.299. The molecule has 0 heterocycles. The Morgan fingerprint density at radius 1 is 1.20 bits per heavy atom. The molecular formula is C19H29NO5. The standard InChI is InChI=1S/C19H29NO5/c1-19(2,3)25-18(23)20(15-6-5-7-16(21)17(15)22)12-13-8-10-14(24-4)11-9-13/h8-11,15-17,21-22H,5-7,12H2,1-4H3. The van der Waals surface area contributed by atoms with Gasteiger partial charge in [-0.3, -0.25) is 4.90 Å². The molecule has 3 atom stereocenters. The molecule has 2 rings (SSSR count). The molecule has 1 aliphatic carbocycles. The van der Waals surface area contributed by atoms with E-state index < -0.39 is 29.9 Å². The lowest BCUT2D eigenvalue weighted by Gasteiger charge is -2.40. The van der Waals surface area contributed by atoms with E-state index in [1.54, 1.807) is 7.11 Å². The maximum absolute atomic E-state index is 12.7. The van der Waals surface area contributed by atoms with Crippen molar-refractivity contribution in [3.05, 3.63) is 29.8 Å². The van der Waals surface area contributed by atoms with Crippen LogP contribution in [0.25, 0.3) is 0 Å². The molecule has 0 aliphatic heterocycles. The lowest BCUT2D eigenvalue weighted by atomic mass is 9.89. The summed E-state index contributed by atoms with van der Waals surface area (Å²) in [5, 5.41) is 20.4. The van der Waals surface area contributed by atoms with Crippen molar-refractivity contribution in [2.24, 2.45) is 0 Å². The van der Waals surface area contributed by atoms with Gasteiger partial charge in [0, 0.05) is 6.54 Å². The van der Waals surface area contributed by atoms with Crippen molar-refractivity contribution in [3.63, 3.8) is 0 Å². The van der Waals surface area contributed by atoms with E-state index in [4.69, 9.17) is 9.47 Å². The topological polar surface area (TPSA) is 79.2 Å². The summed E-state index contributed by atoms with van der Waals surface area (Å²) in [6, 6.07) is 6.94. The maximum Gasteiger partial charge on any atom is 0.410 e. The number of aliphatic hydroxyl groups excluding tert-OH is 2. The van der Waals surface area contributed by atoms with Crippen molar-refractivity contribution in [3.8, 4) is 5.75 Å². The fourth-order valence-electron chi connectivity index (χ4n) is 3.04. The number of amides is 1. The lowest BCUT2D eigenvalue weighted by Crippen LogP contribution is -2.53. The number of rotatable bonds is 4. The Kier molecular flexibility index (Phi) is 6.30. The molecule has 0 spiro atoms. The molecule has 0 radical (unpaired) electrons. The van der Waals surface area contributed by atoms with Crippen LogP contribution in [-0.2, 0) is 11.3 Å². The van der Waals surface area contributed by atoms with Gasteiger partial charge >= 0.3 is 6.09 Å². The molecule has 140 valence electrons. The molecule has 0 aromatic heterocycles. The number of carbonyl (C=O) groups is 1. The van der Waals surface area contributed by atoms with Gasteiger partial charge in [-0.2, -0.15) is 0 Å². The highest BCUT2D eigenvalue weighted by Crippen LogP contribution is 2.27. The van der Waals surface area contributed by atoms with Gasteiger partial charge in [0.1, 0.15) is 17.5 Å². The van der Waals surface area contributed by atoms with Crippen molar-refractivity contribution in [2.75, 3.05) is 7.11 Å². The summed E-state index contributed by atoms with van der Waals surface area (Å²) >= 11 is 0. The number of benzene rings is 1. The van der Waals surface area contributed by atoms with Crippen LogP contribution < -0.4 is 4.74 Å². The van der Waals surface area contributed by atoms with Crippen LogP contribution in [0, 0.1) is 0 Å². The largest absolute Gasteiger partial charge is 0.497 e. The van der Waals surface area contributed by atoms with Crippen LogP contribution in [0.1, 0.15) is 45.6 Å². The number of hydrogen-bond donors (Lipinski definition) is 2. The van der Waals surface area contributed by atoms with E-state index in [0.29, 0.717) is 19.4 Å². The number of hydrogen-bond acceptors (Lipinski definition) is 5. The Hall–Kier alpha value is -1.79. The number of nitrogens with zero attached hydrogens (tertiary/aromatic N) is 1. The number of methoxy groups -OCH3 is 1. The second-order valence-electron chi connectivity index (χ2n) is 7.51.